The summed E-state index contributed by atoms with van der Waals surface area (Å²) in [6.45, 7) is 5.99. The molecule has 3 rings (SSSR count). The number of rotatable bonds is 8. The second kappa shape index (κ2) is 9.51. The number of hydrogen-bond donors (Lipinski definition) is 0. The van der Waals surface area contributed by atoms with E-state index in [-0.39, 0.29) is 18.0 Å². The van der Waals surface area contributed by atoms with Crippen LogP contribution in [0.2, 0.25) is 0 Å². The number of Topliss-reactive ketones (excluding diaryl/α,β-unsaturated/α-hetero) is 1. The molecule has 150 valence electrons. The van der Waals surface area contributed by atoms with Crippen molar-refractivity contribution >= 4 is 5.78 Å². The Labute approximate surface area is 172 Å². The van der Waals surface area contributed by atoms with Gasteiger partial charge in [0.05, 0.1) is 6.61 Å². The van der Waals surface area contributed by atoms with Gasteiger partial charge in [0.1, 0.15) is 0 Å². The lowest BCUT2D eigenvalue weighted by Gasteiger charge is -2.11. The zero-order valence-electron chi connectivity index (χ0n) is 17.3. The van der Waals surface area contributed by atoms with Crippen LogP contribution in [0.15, 0.2) is 60.7 Å². The Balaban J connectivity index is 1.72. The summed E-state index contributed by atoms with van der Waals surface area (Å²) in [5.41, 5.74) is 5.28. The number of hydrogen-bond acceptors (Lipinski definition) is 2. The SMILES string of the molecule is CCCc1ccc(-c2ccc(CC(=O)c3ccc(OCC)c(F)c3C)cc2)cc1. The number of halogens is 1. The van der Waals surface area contributed by atoms with Crippen LogP contribution in [0.5, 0.6) is 5.75 Å². The van der Waals surface area contributed by atoms with E-state index in [0.29, 0.717) is 17.7 Å². The lowest BCUT2D eigenvalue weighted by Crippen LogP contribution is -2.08. The summed E-state index contributed by atoms with van der Waals surface area (Å²) in [4.78, 5) is 12.7. The molecule has 3 aromatic carbocycles. The number of carbonyl (C=O) groups is 1. The van der Waals surface area contributed by atoms with Gasteiger partial charge >= 0.3 is 0 Å². The van der Waals surface area contributed by atoms with Crippen molar-refractivity contribution in [2.24, 2.45) is 0 Å². The molecular weight excluding hydrogens is 363 g/mol. The normalized spacial score (nSPS) is 10.8. The van der Waals surface area contributed by atoms with E-state index < -0.39 is 5.82 Å². The molecule has 0 aromatic heterocycles. The first-order valence-electron chi connectivity index (χ1n) is 10.2. The number of aryl methyl sites for hydroxylation is 1. The van der Waals surface area contributed by atoms with Crippen LogP contribution in [0.1, 0.15) is 47.3 Å². The van der Waals surface area contributed by atoms with E-state index >= 15 is 0 Å². The van der Waals surface area contributed by atoms with Gasteiger partial charge in [-0.15, -0.1) is 0 Å². The van der Waals surface area contributed by atoms with Crippen molar-refractivity contribution in [2.45, 2.75) is 40.0 Å². The van der Waals surface area contributed by atoms with Gasteiger partial charge < -0.3 is 4.74 Å². The Morgan fingerprint density at radius 1 is 0.862 bits per heavy atom. The first-order valence-corrected chi connectivity index (χ1v) is 10.2. The first kappa shape index (κ1) is 20.8. The van der Waals surface area contributed by atoms with Crippen LogP contribution in [-0.2, 0) is 12.8 Å². The van der Waals surface area contributed by atoms with Crippen LogP contribution in [0.25, 0.3) is 11.1 Å². The minimum absolute atomic E-state index is 0.0962. The van der Waals surface area contributed by atoms with Crippen LogP contribution < -0.4 is 4.74 Å². The van der Waals surface area contributed by atoms with Crippen molar-refractivity contribution in [3.63, 3.8) is 0 Å². The molecule has 0 amide bonds. The van der Waals surface area contributed by atoms with Crippen molar-refractivity contribution in [2.75, 3.05) is 6.61 Å². The monoisotopic (exact) mass is 390 g/mol. The highest BCUT2D eigenvalue weighted by molar-refractivity contribution is 5.99. The lowest BCUT2D eigenvalue weighted by atomic mass is 9.96. The van der Waals surface area contributed by atoms with E-state index in [1.54, 1.807) is 19.9 Å². The lowest BCUT2D eigenvalue weighted by molar-refractivity contribution is 0.0992. The van der Waals surface area contributed by atoms with Gasteiger partial charge in [-0.25, -0.2) is 4.39 Å². The van der Waals surface area contributed by atoms with Gasteiger partial charge in [0, 0.05) is 12.0 Å². The van der Waals surface area contributed by atoms with E-state index in [1.165, 1.54) is 11.6 Å². The molecule has 0 aliphatic heterocycles. The number of ketones is 1. The highest BCUT2D eigenvalue weighted by Crippen LogP contribution is 2.25. The third-order valence-corrected chi connectivity index (χ3v) is 5.10. The van der Waals surface area contributed by atoms with Gasteiger partial charge in [-0.3, -0.25) is 4.79 Å². The third kappa shape index (κ3) is 4.92. The predicted octanol–water partition coefficient (Wildman–Crippen LogP) is 6.58. The van der Waals surface area contributed by atoms with Crippen LogP contribution in [0, 0.1) is 12.7 Å². The molecule has 2 nitrogen and oxygen atoms in total. The van der Waals surface area contributed by atoms with E-state index in [9.17, 15) is 9.18 Å². The summed E-state index contributed by atoms with van der Waals surface area (Å²) in [6, 6.07) is 19.8. The first-order chi connectivity index (χ1) is 14.0. The van der Waals surface area contributed by atoms with Crippen molar-refractivity contribution in [1.82, 2.24) is 0 Å². The van der Waals surface area contributed by atoms with Gasteiger partial charge in [0.25, 0.3) is 0 Å². The van der Waals surface area contributed by atoms with Gasteiger partial charge in [0.15, 0.2) is 17.3 Å². The summed E-state index contributed by atoms with van der Waals surface area (Å²) in [5.74, 6) is -0.364. The standard InChI is InChI=1S/C26H27FO2/c1-4-6-19-7-11-21(12-8-19)22-13-9-20(10-14-22)17-24(28)23-15-16-25(29-5-2)26(27)18(23)3/h7-16H,4-6,17H2,1-3H3. The van der Waals surface area contributed by atoms with Gasteiger partial charge in [-0.2, -0.15) is 0 Å². The number of carbonyl (C=O) groups excluding carboxylic acids is 1. The van der Waals surface area contributed by atoms with E-state index in [0.717, 1.165) is 29.5 Å². The summed E-state index contributed by atoms with van der Waals surface area (Å²) >= 11 is 0. The maximum Gasteiger partial charge on any atom is 0.168 e. The largest absolute Gasteiger partial charge is 0.491 e. The Morgan fingerprint density at radius 2 is 1.45 bits per heavy atom. The molecule has 0 unspecified atom stereocenters. The minimum atomic E-state index is -0.459. The van der Waals surface area contributed by atoms with E-state index in [4.69, 9.17) is 4.74 Å². The molecule has 0 aliphatic rings. The summed E-state index contributed by atoms with van der Waals surface area (Å²) < 4.78 is 19.6. The van der Waals surface area contributed by atoms with Crippen molar-refractivity contribution in [3.8, 4) is 16.9 Å². The summed E-state index contributed by atoms with van der Waals surface area (Å²) in [5, 5.41) is 0. The average Bonchev–Trinajstić information content (AvgIpc) is 2.73. The van der Waals surface area contributed by atoms with Crippen LogP contribution >= 0.6 is 0 Å². The topological polar surface area (TPSA) is 26.3 Å². The summed E-state index contributed by atoms with van der Waals surface area (Å²) in [6.07, 6.45) is 2.47. The van der Waals surface area contributed by atoms with Gasteiger partial charge in [-0.1, -0.05) is 61.9 Å². The fourth-order valence-corrected chi connectivity index (χ4v) is 3.48. The second-order valence-corrected chi connectivity index (χ2v) is 7.23. The van der Waals surface area contributed by atoms with Gasteiger partial charge in [-0.05, 0) is 60.2 Å². The molecule has 0 radical (unpaired) electrons. The quantitative estimate of drug-likeness (QED) is 0.406. The minimum Gasteiger partial charge on any atom is -0.491 e. The average molecular weight is 390 g/mol. The molecule has 0 aliphatic carbocycles. The Morgan fingerprint density at radius 3 is 2.00 bits per heavy atom. The fraction of sp³-hybridized carbons (Fsp3) is 0.269. The molecule has 0 fully saturated rings. The highest BCUT2D eigenvalue weighted by Gasteiger charge is 2.16. The highest BCUT2D eigenvalue weighted by atomic mass is 19.1. The molecule has 0 atom stereocenters. The fourth-order valence-electron chi connectivity index (χ4n) is 3.48. The van der Waals surface area contributed by atoms with Crippen molar-refractivity contribution in [1.29, 1.82) is 0 Å². The Hall–Kier alpha value is -2.94. The number of ether oxygens (including phenoxy) is 1. The van der Waals surface area contributed by atoms with Gasteiger partial charge in [0.2, 0.25) is 0 Å². The number of benzene rings is 3. The molecule has 3 aromatic rings. The van der Waals surface area contributed by atoms with E-state index in [2.05, 4.69) is 31.2 Å². The second-order valence-electron chi connectivity index (χ2n) is 7.23. The van der Waals surface area contributed by atoms with Crippen LogP contribution in [0.4, 0.5) is 4.39 Å². The smallest absolute Gasteiger partial charge is 0.168 e. The third-order valence-electron chi connectivity index (χ3n) is 5.10. The van der Waals surface area contributed by atoms with E-state index in [1.807, 2.05) is 24.3 Å². The molecule has 0 N–H and O–H groups in total. The molecule has 0 heterocycles. The zero-order chi connectivity index (χ0) is 20.8. The van der Waals surface area contributed by atoms with Crippen LogP contribution in [0.3, 0.4) is 0 Å². The zero-order valence-corrected chi connectivity index (χ0v) is 17.3. The Kier molecular flexibility index (Phi) is 6.82. The molecule has 0 spiro atoms. The maximum absolute atomic E-state index is 14.4. The molecule has 0 saturated heterocycles. The Bertz CT molecular complexity index is 973. The molecular formula is C26H27FO2. The van der Waals surface area contributed by atoms with Crippen molar-refractivity contribution < 1.29 is 13.9 Å². The van der Waals surface area contributed by atoms with Crippen LogP contribution in [-0.4, -0.2) is 12.4 Å². The van der Waals surface area contributed by atoms with Crippen molar-refractivity contribution in [3.05, 3.63) is 88.7 Å². The molecule has 29 heavy (non-hydrogen) atoms. The molecule has 0 bridgehead atoms. The molecule has 3 heteroatoms. The maximum atomic E-state index is 14.4. The summed E-state index contributed by atoms with van der Waals surface area (Å²) in [7, 11) is 0. The molecule has 0 saturated carbocycles. The predicted molar refractivity (Wildman–Crippen MR) is 116 cm³/mol.